The Morgan fingerprint density at radius 3 is 2.57 bits per heavy atom. The molecule has 3 aromatic rings. The van der Waals surface area contributed by atoms with Crippen molar-refractivity contribution in [2.45, 2.75) is 13.8 Å². The first-order valence-electron chi connectivity index (χ1n) is 7.37. The van der Waals surface area contributed by atoms with E-state index in [4.69, 9.17) is 9.47 Å². The predicted molar refractivity (Wildman–Crippen MR) is 90.0 cm³/mol. The van der Waals surface area contributed by atoms with Crippen LogP contribution in [-0.2, 0) is 0 Å². The van der Waals surface area contributed by atoms with Crippen molar-refractivity contribution in [1.82, 2.24) is 9.97 Å². The summed E-state index contributed by atoms with van der Waals surface area (Å²) in [5.74, 6) is 2.02. The average Bonchev–Trinajstić information content (AvgIpc) is 2.59. The van der Waals surface area contributed by atoms with E-state index in [1.165, 1.54) is 11.1 Å². The molecule has 0 atom stereocenters. The van der Waals surface area contributed by atoms with Gasteiger partial charge in [0.2, 0.25) is 5.88 Å². The van der Waals surface area contributed by atoms with Crippen LogP contribution in [-0.4, -0.2) is 17.1 Å². The molecular weight excluding hydrogens is 288 g/mol. The molecule has 2 aromatic heterocycles. The Morgan fingerprint density at radius 1 is 0.913 bits per heavy atom. The smallest absolute Gasteiger partial charge is 0.227 e. The zero-order valence-electron chi connectivity index (χ0n) is 13.4. The van der Waals surface area contributed by atoms with Crippen molar-refractivity contribution in [3.05, 3.63) is 66.1 Å². The first-order chi connectivity index (χ1) is 11.2. The summed E-state index contributed by atoms with van der Waals surface area (Å²) in [5.41, 5.74) is 4.10. The van der Waals surface area contributed by atoms with Crippen LogP contribution in [0.3, 0.4) is 0 Å². The highest BCUT2D eigenvalue weighted by Crippen LogP contribution is 2.36. The predicted octanol–water partition coefficient (Wildman–Crippen LogP) is 4.56. The number of hydrogen-bond donors (Lipinski definition) is 0. The fourth-order valence-corrected chi connectivity index (χ4v) is 2.33. The molecule has 0 saturated carbocycles. The molecule has 0 fully saturated rings. The first-order valence-corrected chi connectivity index (χ1v) is 7.37. The third-order valence-electron chi connectivity index (χ3n) is 3.76. The molecular formula is C19H18N2O2. The number of aryl methyl sites for hydroxylation is 2. The Morgan fingerprint density at radius 2 is 1.78 bits per heavy atom. The van der Waals surface area contributed by atoms with Crippen LogP contribution in [0.5, 0.6) is 17.4 Å². The van der Waals surface area contributed by atoms with Gasteiger partial charge in [-0.1, -0.05) is 6.07 Å². The third-order valence-corrected chi connectivity index (χ3v) is 3.76. The Hall–Kier alpha value is -2.88. The van der Waals surface area contributed by atoms with Gasteiger partial charge < -0.3 is 9.47 Å². The van der Waals surface area contributed by atoms with Crippen molar-refractivity contribution in [2.24, 2.45) is 0 Å². The number of pyridine rings is 2. The molecule has 0 N–H and O–H groups in total. The lowest BCUT2D eigenvalue weighted by Gasteiger charge is -2.13. The molecule has 0 spiro atoms. The molecule has 116 valence electrons. The van der Waals surface area contributed by atoms with Crippen molar-refractivity contribution in [3.8, 4) is 28.5 Å². The third kappa shape index (κ3) is 3.16. The number of ether oxygens (including phenoxy) is 2. The maximum Gasteiger partial charge on any atom is 0.227 e. The summed E-state index contributed by atoms with van der Waals surface area (Å²) in [5, 5.41) is 0. The van der Waals surface area contributed by atoms with Gasteiger partial charge in [0.1, 0.15) is 11.5 Å². The van der Waals surface area contributed by atoms with Crippen LogP contribution in [0, 0.1) is 13.8 Å². The van der Waals surface area contributed by atoms with E-state index in [1.54, 1.807) is 25.7 Å². The summed E-state index contributed by atoms with van der Waals surface area (Å²) in [7, 11) is 1.64. The van der Waals surface area contributed by atoms with Gasteiger partial charge in [0.15, 0.2) is 0 Å². The maximum absolute atomic E-state index is 6.00. The molecule has 23 heavy (non-hydrogen) atoms. The molecule has 0 aliphatic heterocycles. The topological polar surface area (TPSA) is 44.2 Å². The summed E-state index contributed by atoms with van der Waals surface area (Å²) < 4.78 is 11.4. The molecule has 0 amide bonds. The van der Waals surface area contributed by atoms with E-state index < -0.39 is 0 Å². The highest BCUT2D eigenvalue weighted by Gasteiger charge is 2.13. The quantitative estimate of drug-likeness (QED) is 0.708. The minimum absolute atomic E-state index is 0.530. The van der Waals surface area contributed by atoms with E-state index >= 15 is 0 Å². The molecule has 4 heteroatoms. The van der Waals surface area contributed by atoms with Gasteiger partial charge in [-0.2, -0.15) is 0 Å². The molecule has 0 bridgehead atoms. The molecule has 0 unspecified atom stereocenters. The molecule has 4 nitrogen and oxygen atoms in total. The van der Waals surface area contributed by atoms with Crippen molar-refractivity contribution >= 4 is 0 Å². The van der Waals surface area contributed by atoms with Gasteiger partial charge in [-0.3, -0.25) is 4.98 Å². The van der Waals surface area contributed by atoms with Crippen LogP contribution < -0.4 is 9.47 Å². The van der Waals surface area contributed by atoms with Gasteiger partial charge in [-0.25, -0.2) is 4.98 Å². The normalized spacial score (nSPS) is 10.4. The highest BCUT2D eigenvalue weighted by molar-refractivity contribution is 5.73. The van der Waals surface area contributed by atoms with Crippen LogP contribution in [0.25, 0.3) is 11.1 Å². The summed E-state index contributed by atoms with van der Waals surface area (Å²) in [4.78, 5) is 8.55. The summed E-state index contributed by atoms with van der Waals surface area (Å²) in [6.07, 6.45) is 5.16. The fraction of sp³-hybridized carbons (Fsp3) is 0.158. The molecule has 3 rings (SSSR count). The number of hydrogen-bond acceptors (Lipinski definition) is 4. The van der Waals surface area contributed by atoms with E-state index in [9.17, 15) is 0 Å². The van der Waals surface area contributed by atoms with Crippen molar-refractivity contribution in [1.29, 1.82) is 0 Å². The molecule has 2 heterocycles. The minimum atomic E-state index is 0.530. The van der Waals surface area contributed by atoms with Crippen LogP contribution in [0.1, 0.15) is 11.1 Å². The molecule has 0 aliphatic rings. The lowest BCUT2D eigenvalue weighted by Crippen LogP contribution is -1.95. The summed E-state index contributed by atoms with van der Waals surface area (Å²) in [6.45, 7) is 4.14. The van der Waals surface area contributed by atoms with Gasteiger partial charge in [-0.15, -0.1) is 0 Å². The first kappa shape index (κ1) is 15.0. The SMILES string of the molecule is COc1ccncc1-c1cccnc1Oc1ccc(C)c(C)c1. The number of rotatable bonds is 4. The van der Waals surface area contributed by atoms with E-state index in [0.29, 0.717) is 5.88 Å². The Labute approximate surface area is 135 Å². The maximum atomic E-state index is 6.00. The van der Waals surface area contributed by atoms with Gasteiger partial charge in [0.25, 0.3) is 0 Å². The Bertz CT molecular complexity index is 831. The Kier molecular flexibility index (Phi) is 4.24. The van der Waals surface area contributed by atoms with Crippen LogP contribution >= 0.6 is 0 Å². The summed E-state index contributed by atoms with van der Waals surface area (Å²) >= 11 is 0. The van der Waals surface area contributed by atoms with Crippen molar-refractivity contribution in [2.75, 3.05) is 7.11 Å². The van der Waals surface area contributed by atoms with E-state index in [1.807, 2.05) is 36.4 Å². The second-order valence-corrected chi connectivity index (χ2v) is 5.28. The van der Waals surface area contributed by atoms with Crippen molar-refractivity contribution in [3.63, 3.8) is 0 Å². The van der Waals surface area contributed by atoms with E-state index in [0.717, 1.165) is 22.6 Å². The average molecular weight is 306 g/mol. The van der Waals surface area contributed by atoms with Crippen LogP contribution in [0.15, 0.2) is 55.0 Å². The molecule has 0 radical (unpaired) electrons. The number of methoxy groups -OCH3 is 1. The standard InChI is InChI=1S/C19H18N2O2/c1-13-6-7-15(11-14(13)2)23-19-16(5-4-9-21-19)17-12-20-10-8-18(17)22-3/h4-12H,1-3H3. The lowest BCUT2D eigenvalue weighted by molar-refractivity contribution is 0.415. The molecule has 0 aliphatic carbocycles. The highest BCUT2D eigenvalue weighted by atomic mass is 16.5. The van der Waals surface area contributed by atoms with E-state index in [2.05, 4.69) is 23.8 Å². The van der Waals surface area contributed by atoms with Gasteiger partial charge in [-0.05, 0) is 55.3 Å². The minimum Gasteiger partial charge on any atom is -0.496 e. The number of benzene rings is 1. The zero-order chi connectivity index (χ0) is 16.2. The van der Waals surface area contributed by atoms with Gasteiger partial charge in [0.05, 0.1) is 7.11 Å². The van der Waals surface area contributed by atoms with Gasteiger partial charge in [0, 0.05) is 29.7 Å². The van der Waals surface area contributed by atoms with Gasteiger partial charge >= 0.3 is 0 Å². The largest absolute Gasteiger partial charge is 0.496 e. The summed E-state index contributed by atoms with van der Waals surface area (Å²) in [6, 6.07) is 11.6. The second-order valence-electron chi connectivity index (χ2n) is 5.28. The monoisotopic (exact) mass is 306 g/mol. The van der Waals surface area contributed by atoms with E-state index in [-0.39, 0.29) is 0 Å². The van der Waals surface area contributed by atoms with Crippen molar-refractivity contribution < 1.29 is 9.47 Å². The number of nitrogens with zero attached hydrogens (tertiary/aromatic N) is 2. The number of aromatic nitrogens is 2. The Balaban J connectivity index is 2.02. The van der Waals surface area contributed by atoms with Crippen LogP contribution in [0.4, 0.5) is 0 Å². The second kappa shape index (κ2) is 6.48. The van der Waals surface area contributed by atoms with Crippen LogP contribution in [0.2, 0.25) is 0 Å². The molecule has 0 saturated heterocycles. The zero-order valence-corrected chi connectivity index (χ0v) is 13.4. The fourth-order valence-electron chi connectivity index (χ4n) is 2.33. The molecule has 1 aromatic carbocycles. The lowest BCUT2D eigenvalue weighted by atomic mass is 10.1.